The molecule has 2 rings (SSSR count). The summed E-state index contributed by atoms with van der Waals surface area (Å²) in [6, 6.07) is 8.95. The van der Waals surface area contributed by atoms with Crippen LogP contribution in [0.4, 0.5) is 5.69 Å². The fourth-order valence-corrected chi connectivity index (χ4v) is 3.96. The Morgan fingerprint density at radius 3 is 2.48 bits per heavy atom. The van der Waals surface area contributed by atoms with E-state index in [1.54, 1.807) is 18.2 Å². The Morgan fingerprint density at radius 2 is 1.90 bits per heavy atom. The van der Waals surface area contributed by atoms with Gasteiger partial charge in [-0.05, 0) is 25.1 Å². The average Bonchev–Trinajstić information content (AvgIpc) is 2.89. The van der Waals surface area contributed by atoms with Gasteiger partial charge in [0.1, 0.15) is 9.09 Å². The van der Waals surface area contributed by atoms with Crippen LogP contribution in [0.5, 0.6) is 0 Å². The van der Waals surface area contributed by atoms with Gasteiger partial charge in [-0.15, -0.1) is 11.3 Å². The van der Waals surface area contributed by atoms with Crippen molar-refractivity contribution in [1.29, 1.82) is 0 Å². The zero-order valence-electron chi connectivity index (χ0n) is 11.0. The van der Waals surface area contributed by atoms with E-state index in [1.807, 2.05) is 0 Å². The van der Waals surface area contributed by atoms with Crippen LogP contribution in [0, 0.1) is 0 Å². The van der Waals surface area contributed by atoms with Crippen LogP contribution in [0.15, 0.2) is 40.6 Å². The van der Waals surface area contributed by atoms with Crippen LogP contribution in [-0.2, 0) is 10.0 Å². The highest BCUT2D eigenvalue weighted by Gasteiger charge is 2.20. The van der Waals surface area contributed by atoms with Crippen molar-refractivity contribution in [3.8, 4) is 0 Å². The van der Waals surface area contributed by atoms with Gasteiger partial charge >= 0.3 is 5.97 Å². The maximum Gasteiger partial charge on any atom is 0.345 e. The number of hydrogen-bond donors (Lipinski definition) is 3. The summed E-state index contributed by atoms with van der Waals surface area (Å²) in [5, 5.41) is 18.5. The van der Waals surface area contributed by atoms with Crippen molar-refractivity contribution in [2.24, 2.45) is 0 Å². The van der Waals surface area contributed by atoms with Crippen molar-refractivity contribution in [3.63, 3.8) is 0 Å². The molecule has 8 heteroatoms. The highest BCUT2D eigenvalue weighted by atomic mass is 32.2. The number of nitrogens with one attached hydrogen (secondary N) is 1. The summed E-state index contributed by atoms with van der Waals surface area (Å²) in [4.78, 5) is 10.7. The third-order valence-corrected chi connectivity index (χ3v) is 5.64. The molecule has 3 N–H and O–H groups in total. The van der Waals surface area contributed by atoms with Crippen LogP contribution in [0.3, 0.4) is 0 Å². The number of carboxylic acids is 1. The van der Waals surface area contributed by atoms with Gasteiger partial charge in [0.15, 0.2) is 0 Å². The molecule has 1 aromatic carbocycles. The Labute approximate surface area is 125 Å². The number of benzene rings is 1. The minimum Gasteiger partial charge on any atom is -0.477 e. The number of aromatic carboxylic acids is 1. The first kappa shape index (κ1) is 15.5. The van der Waals surface area contributed by atoms with E-state index in [0.717, 1.165) is 0 Å². The molecule has 0 aliphatic rings. The van der Waals surface area contributed by atoms with Gasteiger partial charge in [0, 0.05) is 5.56 Å². The summed E-state index contributed by atoms with van der Waals surface area (Å²) in [6.45, 7) is 1.53. The summed E-state index contributed by atoms with van der Waals surface area (Å²) in [5.41, 5.74) is 0.703. The minimum absolute atomic E-state index is 0.0563. The van der Waals surface area contributed by atoms with Crippen molar-refractivity contribution >= 4 is 33.0 Å². The zero-order chi connectivity index (χ0) is 15.6. The average molecular weight is 327 g/mol. The second-order valence-corrected chi connectivity index (χ2v) is 7.29. The molecular formula is C13H13NO5S2. The molecule has 0 spiro atoms. The topological polar surface area (TPSA) is 104 Å². The molecule has 1 aromatic heterocycles. The highest BCUT2D eigenvalue weighted by Crippen LogP contribution is 2.27. The van der Waals surface area contributed by atoms with E-state index in [0.29, 0.717) is 16.9 Å². The standard InChI is InChI=1S/C13H13NO5S2/c1-8(15)9-4-2-3-5-10(9)14-21(18,19)12-7-6-11(20-12)13(16)17/h2-8,14-15H,1H3,(H,16,17). The number of para-hydroxylation sites is 1. The molecule has 0 bridgehead atoms. The first-order chi connectivity index (χ1) is 9.81. The number of hydrogen-bond acceptors (Lipinski definition) is 5. The number of aliphatic hydroxyl groups excluding tert-OH is 1. The van der Waals surface area contributed by atoms with Crippen LogP contribution in [-0.4, -0.2) is 24.6 Å². The van der Waals surface area contributed by atoms with E-state index in [1.165, 1.54) is 25.1 Å². The molecule has 0 saturated carbocycles. The predicted octanol–water partition coefficient (Wildman–Crippen LogP) is 2.30. The van der Waals surface area contributed by atoms with Gasteiger partial charge < -0.3 is 10.2 Å². The Morgan fingerprint density at radius 1 is 1.24 bits per heavy atom. The fourth-order valence-electron chi connectivity index (χ4n) is 1.73. The van der Waals surface area contributed by atoms with Crippen molar-refractivity contribution in [3.05, 3.63) is 46.8 Å². The molecule has 0 amide bonds. The summed E-state index contributed by atoms with van der Waals surface area (Å²) in [5.74, 6) is -1.18. The van der Waals surface area contributed by atoms with Crippen molar-refractivity contribution < 1.29 is 23.4 Å². The fraction of sp³-hybridized carbons (Fsp3) is 0.154. The van der Waals surface area contributed by atoms with E-state index < -0.39 is 22.1 Å². The van der Waals surface area contributed by atoms with Crippen LogP contribution in [0.25, 0.3) is 0 Å². The van der Waals surface area contributed by atoms with Crippen LogP contribution in [0.2, 0.25) is 0 Å². The molecule has 2 aromatic rings. The van der Waals surface area contributed by atoms with Crippen molar-refractivity contribution in [2.45, 2.75) is 17.2 Å². The largest absolute Gasteiger partial charge is 0.477 e. The molecule has 1 heterocycles. The SMILES string of the molecule is CC(O)c1ccccc1NS(=O)(=O)c1ccc(C(=O)O)s1. The Bertz CT molecular complexity index is 764. The van der Waals surface area contributed by atoms with Gasteiger partial charge in [-0.2, -0.15) is 0 Å². The van der Waals surface area contributed by atoms with Gasteiger partial charge in [-0.25, -0.2) is 13.2 Å². The Hall–Kier alpha value is -1.90. The van der Waals surface area contributed by atoms with Gasteiger partial charge in [0.05, 0.1) is 11.8 Å². The Kier molecular flexibility index (Phi) is 4.31. The number of aliphatic hydroxyl groups is 1. The van der Waals surface area contributed by atoms with Crippen molar-refractivity contribution in [1.82, 2.24) is 0 Å². The second-order valence-electron chi connectivity index (χ2n) is 4.29. The summed E-state index contributed by atoms with van der Waals surface area (Å²) < 4.78 is 26.7. The van der Waals surface area contributed by atoms with Crippen LogP contribution in [0.1, 0.15) is 28.3 Å². The number of sulfonamides is 1. The van der Waals surface area contributed by atoms with Gasteiger partial charge in [-0.1, -0.05) is 18.2 Å². The molecule has 112 valence electrons. The van der Waals surface area contributed by atoms with Gasteiger partial charge in [0.2, 0.25) is 0 Å². The first-order valence-electron chi connectivity index (χ1n) is 5.94. The minimum atomic E-state index is -3.89. The van der Waals surface area contributed by atoms with Gasteiger partial charge in [-0.3, -0.25) is 4.72 Å². The van der Waals surface area contributed by atoms with E-state index in [9.17, 15) is 18.3 Å². The molecule has 0 aliphatic heterocycles. The maximum atomic E-state index is 12.2. The smallest absolute Gasteiger partial charge is 0.345 e. The third kappa shape index (κ3) is 3.41. The number of rotatable bonds is 5. The molecule has 6 nitrogen and oxygen atoms in total. The number of thiophene rings is 1. The second kappa shape index (κ2) is 5.84. The number of carboxylic acid groups (broad SMARTS) is 1. The third-order valence-electron chi connectivity index (χ3n) is 2.71. The molecule has 0 aliphatic carbocycles. The highest BCUT2D eigenvalue weighted by molar-refractivity contribution is 7.94. The molecule has 0 saturated heterocycles. The zero-order valence-corrected chi connectivity index (χ0v) is 12.6. The summed E-state index contributed by atoms with van der Waals surface area (Å²) in [6.07, 6.45) is -0.832. The molecule has 21 heavy (non-hydrogen) atoms. The summed E-state index contributed by atoms with van der Waals surface area (Å²) in [7, 11) is -3.89. The quantitative estimate of drug-likeness (QED) is 0.782. The molecule has 0 fully saturated rings. The summed E-state index contributed by atoms with van der Waals surface area (Å²) >= 11 is 0.669. The van der Waals surface area contributed by atoms with Gasteiger partial charge in [0.25, 0.3) is 10.0 Å². The van der Waals surface area contributed by atoms with Crippen molar-refractivity contribution in [2.75, 3.05) is 4.72 Å². The first-order valence-corrected chi connectivity index (χ1v) is 8.24. The lowest BCUT2D eigenvalue weighted by Crippen LogP contribution is -2.13. The van der Waals surface area contributed by atoms with Crippen LogP contribution >= 0.6 is 11.3 Å². The Balaban J connectivity index is 2.35. The number of carbonyl (C=O) groups is 1. The molecule has 1 atom stereocenters. The van der Waals surface area contributed by atoms with E-state index in [-0.39, 0.29) is 14.8 Å². The predicted molar refractivity (Wildman–Crippen MR) is 79.2 cm³/mol. The molecule has 0 radical (unpaired) electrons. The number of anilines is 1. The lowest BCUT2D eigenvalue weighted by atomic mass is 10.1. The normalized spacial score (nSPS) is 12.9. The molecular weight excluding hydrogens is 314 g/mol. The van der Waals surface area contributed by atoms with E-state index in [2.05, 4.69) is 4.72 Å². The maximum absolute atomic E-state index is 12.2. The van der Waals surface area contributed by atoms with E-state index in [4.69, 9.17) is 5.11 Å². The lowest BCUT2D eigenvalue weighted by molar-refractivity contribution is 0.0702. The van der Waals surface area contributed by atoms with E-state index >= 15 is 0 Å². The molecule has 1 unspecified atom stereocenters. The monoisotopic (exact) mass is 327 g/mol. The van der Waals surface area contributed by atoms with Crippen LogP contribution < -0.4 is 4.72 Å². The lowest BCUT2D eigenvalue weighted by Gasteiger charge is -2.13.